The summed E-state index contributed by atoms with van der Waals surface area (Å²) in [6.45, 7) is 3.86. The molecule has 0 atom stereocenters. The summed E-state index contributed by atoms with van der Waals surface area (Å²) in [7, 11) is 0. The van der Waals surface area contributed by atoms with Gasteiger partial charge >= 0.3 is 0 Å². The lowest BCUT2D eigenvalue weighted by atomic mass is 10.1. The molecule has 2 heterocycles. The van der Waals surface area contributed by atoms with Crippen LogP contribution in [0.3, 0.4) is 0 Å². The standard InChI is InChI=1S/C12H14N4O2/c1-7-3-8(2)16-12(18)10(7)11(17)13-4-9-5-14-15-6-9/h3,5-6H,4H2,1-2H3,(H,13,17)(H,14,15)(H,16,18). The summed E-state index contributed by atoms with van der Waals surface area (Å²) in [5.74, 6) is -0.380. The molecule has 0 aliphatic rings. The Kier molecular flexibility index (Phi) is 3.27. The predicted octanol–water partition coefficient (Wildman–Crippen LogP) is 0.645. The Hall–Kier alpha value is -2.37. The molecule has 6 nitrogen and oxygen atoms in total. The van der Waals surface area contributed by atoms with E-state index in [2.05, 4.69) is 20.5 Å². The number of amides is 1. The van der Waals surface area contributed by atoms with Crippen LogP contribution in [0.25, 0.3) is 0 Å². The first-order chi connectivity index (χ1) is 8.58. The number of rotatable bonds is 3. The number of hydrogen-bond donors (Lipinski definition) is 3. The molecule has 6 heteroatoms. The summed E-state index contributed by atoms with van der Waals surface area (Å²) >= 11 is 0. The number of aromatic amines is 2. The van der Waals surface area contributed by atoms with Gasteiger partial charge in [-0.15, -0.1) is 0 Å². The Morgan fingerprint density at radius 3 is 2.83 bits per heavy atom. The van der Waals surface area contributed by atoms with Crippen molar-refractivity contribution in [2.24, 2.45) is 0 Å². The molecule has 94 valence electrons. The molecular formula is C12H14N4O2. The lowest BCUT2D eigenvalue weighted by Gasteiger charge is -2.06. The summed E-state index contributed by atoms with van der Waals surface area (Å²) in [5, 5.41) is 9.11. The Balaban J connectivity index is 2.17. The average Bonchev–Trinajstić information content (AvgIpc) is 2.77. The Morgan fingerprint density at radius 2 is 2.22 bits per heavy atom. The molecule has 0 spiro atoms. The first-order valence-electron chi connectivity index (χ1n) is 5.54. The second-order valence-corrected chi connectivity index (χ2v) is 4.13. The zero-order valence-electron chi connectivity index (χ0n) is 10.2. The van der Waals surface area contributed by atoms with Crippen molar-refractivity contribution >= 4 is 5.91 Å². The van der Waals surface area contributed by atoms with Gasteiger partial charge in [0.25, 0.3) is 11.5 Å². The van der Waals surface area contributed by atoms with Gasteiger partial charge in [0.05, 0.1) is 6.20 Å². The highest BCUT2D eigenvalue weighted by molar-refractivity contribution is 5.95. The maximum atomic E-state index is 11.9. The SMILES string of the molecule is Cc1cc(C)c(C(=O)NCc2cn[nH]c2)c(=O)[nH]1. The molecule has 0 saturated heterocycles. The molecule has 1 amide bonds. The molecule has 0 unspecified atom stereocenters. The average molecular weight is 246 g/mol. The Morgan fingerprint density at radius 1 is 1.44 bits per heavy atom. The number of aromatic nitrogens is 3. The van der Waals surface area contributed by atoms with E-state index in [9.17, 15) is 9.59 Å². The van der Waals surface area contributed by atoms with Crippen LogP contribution in [0.2, 0.25) is 0 Å². The minimum absolute atomic E-state index is 0.157. The van der Waals surface area contributed by atoms with Crippen molar-refractivity contribution < 1.29 is 4.79 Å². The molecule has 0 radical (unpaired) electrons. The summed E-state index contributed by atoms with van der Waals surface area (Å²) in [6.07, 6.45) is 3.30. The van der Waals surface area contributed by atoms with E-state index in [4.69, 9.17) is 0 Å². The molecule has 3 N–H and O–H groups in total. The van der Waals surface area contributed by atoms with Gasteiger partial charge in [0.15, 0.2) is 0 Å². The van der Waals surface area contributed by atoms with Crippen LogP contribution < -0.4 is 10.9 Å². The van der Waals surface area contributed by atoms with E-state index in [-0.39, 0.29) is 17.0 Å². The van der Waals surface area contributed by atoms with Crippen LogP contribution >= 0.6 is 0 Å². The summed E-state index contributed by atoms with van der Waals surface area (Å²) < 4.78 is 0. The number of aryl methyl sites for hydroxylation is 2. The number of carbonyl (C=O) groups is 1. The van der Waals surface area contributed by atoms with Gasteiger partial charge in [0, 0.05) is 24.0 Å². The molecule has 0 aliphatic heterocycles. The normalized spacial score (nSPS) is 10.3. The van der Waals surface area contributed by atoms with Crippen LogP contribution in [0.15, 0.2) is 23.3 Å². The van der Waals surface area contributed by atoms with E-state index >= 15 is 0 Å². The molecule has 0 fully saturated rings. The molecule has 0 aliphatic carbocycles. The van der Waals surface area contributed by atoms with E-state index in [0.717, 1.165) is 11.3 Å². The van der Waals surface area contributed by atoms with Crippen molar-refractivity contribution in [3.8, 4) is 0 Å². The van der Waals surface area contributed by atoms with Gasteiger partial charge in [-0.1, -0.05) is 0 Å². The van der Waals surface area contributed by atoms with Gasteiger partial charge in [0.1, 0.15) is 5.56 Å². The highest BCUT2D eigenvalue weighted by atomic mass is 16.2. The molecule has 0 bridgehead atoms. The van der Waals surface area contributed by atoms with E-state index in [1.165, 1.54) is 0 Å². The number of nitrogens with one attached hydrogen (secondary N) is 3. The van der Waals surface area contributed by atoms with Crippen LogP contribution in [0.4, 0.5) is 0 Å². The van der Waals surface area contributed by atoms with Crippen LogP contribution in [-0.4, -0.2) is 21.1 Å². The van der Waals surface area contributed by atoms with Crippen molar-refractivity contribution in [3.63, 3.8) is 0 Å². The van der Waals surface area contributed by atoms with E-state index < -0.39 is 0 Å². The van der Waals surface area contributed by atoms with E-state index in [0.29, 0.717) is 12.1 Å². The zero-order valence-corrected chi connectivity index (χ0v) is 10.2. The highest BCUT2D eigenvalue weighted by Gasteiger charge is 2.13. The lowest BCUT2D eigenvalue weighted by molar-refractivity contribution is 0.0948. The smallest absolute Gasteiger partial charge is 0.261 e. The fourth-order valence-corrected chi connectivity index (χ4v) is 1.78. The van der Waals surface area contributed by atoms with Gasteiger partial charge in [-0.05, 0) is 25.5 Å². The van der Waals surface area contributed by atoms with Crippen molar-refractivity contribution in [2.75, 3.05) is 0 Å². The van der Waals surface area contributed by atoms with Crippen LogP contribution in [0, 0.1) is 13.8 Å². The number of pyridine rings is 1. The quantitative estimate of drug-likeness (QED) is 0.742. The predicted molar refractivity (Wildman–Crippen MR) is 66.3 cm³/mol. The van der Waals surface area contributed by atoms with Crippen molar-refractivity contribution in [1.29, 1.82) is 0 Å². The number of nitrogens with zero attached hydrogens (tertiary/aromatic N) is 1. The van der Waals surface area contributed by atoms with E-state index in [1.54, 1.807) is 32.3 Å². The lowest BCUT2D eigenvalue weighted by Crippen LogP contribution is -2.30. The number of H-pyrrole nitrogens is 2. The summed E-state index contributed by atoms with van der Waals surface area (Å²) in [6, 6.07) is 1.77. The van der Waals surface area contributed by atoms with Gasteiger partial charge in [-0.2, -0.15) is 5.10 Å². The minimum atomic E-state index is -0.380. The third kappa shape index (κ3) is 2.48. The topological polar surface area (TPSA) is 90.6 Å². The molecule has 0 saturated carbocycles. The first kappa shape index (κ1) is 12.1. The van der Waals surface area contributed by atoms with Gasteiger partial charge < -0.3 is 10.3 Å². The third-order valence-corrected chi connectivity index (χ3v) is 2.60. The van der Waals surface area contributed by atoms with Crippen LogP contribution in [0.1, 0.15) is 27.2 Å². The molecule has 0 aromatic carbocycles. The molecular weight excluding hydrogens is 232 g/mol. The number of hydrogen-bond acceptors (Lipinski definition) is 3. The van der Waals surface area contributed by atoms with Gasteiger partial charge in [0.2, 0.25) is 0 Å². The number of carbonyl (C=O) groups excluding carboxylic acids is 1. The van der Waals surface area contributed by atoms with E-state index in [1.807, 2.05) is 0 Å². The maximum Gasteiger partial charge on any atom is 0.261 e. The maximum absolute atomic E-state index is 11.9. The highest BCUT2D eigenvalue weighted by Crippen LogP contribution is 2.03. The first-order valence-corrected chi connectivity index (χ1v) is 5.54. The molecule has 18 heavy (non-hydrogen) atoms. The second-order valence-electron chi connectivity index (χ2n) is 4.13. The van der Waals surface area contributed by atoms with Crippen LogP contribution in [-0.2, 0) is 6.54 Å². The van der Waals surface area contributed by atoms with Crippen molar-refractivity contribution in [2.45, 2.75) is 20.4 Å². The molecule has 2 aromatic rings. The Bertz CT molecular complexity index is 614. The Labute approximate surface area is 103 Å². The van der Waals surface area contributed by atoms with Gasteiger partial charge in [-0.3, -0.25) is 14.7 Å². The largest absolute Gasteiger partial charge is 0.348 e. The summed E-state index contributed by atoms with van der Waals surface area (Å²) in [5.41, 5.74) is 2.05. The molecule has 2 rings (SSSR count). The second kappa shape index (κ2) is 4.87. The summed E-state index contributed by atoms with van der Waals surface area (Å²) in [4.78, 5) is 26.3. The van der Waals surface area contributed by atoms with Gasteiger partial charge in [-0.25, -0.2) is 0 Å². The minimum Gasteiger partial charge on any atom is -0.348 e. The molecule has 2 aromatic heterocycles. The monoisotopic (exact) mass is 246 g/mol. The van der Waals surface area contributed by atoms with Crippen LogP contribution in [0.5, 0.6) is 0 Å². The fraction of sp³-hybridized carbons (Fsp3) is 0.250. The zero-order chi connectivity index (χ0) is 13.1. The van der Waals surface area contributed by atoms with Crippen molar-refractivity contribution in [1.82, 2.24) is 20.5 Å². The third-order valence-electron chi connectivity index (χ3n) is 2.60. The van der Waals surface area contributed by atoms with Crippen molar-refractivity contribution in [3.05, 3.63) is 51.2 Å². The fourth-order valence-electron chi connectivity index (χ4n) is 1.78.